The van der Waals surface area contributed by atoms with Gasteiger partial charge in [-0.05, 0) is 32.0 Å². The average molecular weight is 328 g/mol. The molecule has 1 rings (SSSR count). The molecular weight excluding hydrogens is 308 g/mol. The lowest BCUT2D eigenvalue weighted by molar-refractivity contribution is -0.120. The van der Waals surface area contributed by atoms with E-state index in [0.717, 1.165) is 10.6 Å². The van der Waals surface area contributed by atoms with Crippen LogP contribution in [0.3, 0.4) is 0 Å². The summed E-state index contributed by atoms with van der Waals surface area (Å²) >= 11 is 0. The van der Waals surface area contributed by atoms with Gasteiger partial charge < -0.3 is 10.1 Å². The smallest absolute Gasteiger partial charge is 0.337 e. The Labute approximate surface area is 130 Å². The first-order valence-electron chi connectivity index (χ1n) is 6.60. The van der Waals surface area contributed by atoms with Crippen LogP contribution in [-0.2, 0) is 19.6 Å². The molecule has 1 amide bonds. The lowest BCUT2D eigenvalue weighted by Crippen LogP contribution is -2.42. The summed E-state index contributed by atoms with van der Waals surface area (Å²) in [7, 11) is -2.44. The van der Waals surface area contributed by atoms with E-state index in [4.69, 9.17) is 0 Å². The number of ether oxygens (including phenoxy) is 1. The minimum atomic E-state index is -3.68. The van der Waals surface area contributed by atoms with Crippen molar-refractivity contribution < 1.29 is 22.7 Å². The highest BCUT2D eigenvalue weighted by Gasteiger charge is 2.22. The van der Waals surface area contributed by atoms with Crippen molar-refractivity contribution in [3.05, 3.63) is 29.8 Å². The minimum Gasteiger partial charge on any atom is -0.465 e. The Balaban J connectivity index is 3.13. The summed E-state index contributed by atoms with van der Waals surface area (Å²) < 4.78 is 29.4. The third-order valence-electron chi connectivity index (χ3n) is 2.69. The second kappa shape index (κ2) is 7.26. The molecular formula is C14H20N2O5S. The van der Waals surface area contributed by atoms with Crippen LogP contribution in [0.25, 0.3) is 0 Å². The lowest BCUT2D eigenvalue weighted by atomic mass is 10.2. The Bertz CT molecular complexity index is 655. The van der Waals surface area contributed by atoms with E-state index in [-0.39, 0.29) is 23.8 Å². The standard InChI is InChI=1S/C14H20N2O5S/c1-10(2)15-13(17)9-16(22(4,19)20)12-7-5-6-11(8-12)14(18)21-3/h5-8,10H,9H2,1-4H3,(H,15,17). The summed E-state index contributed by atoms with van der Waals surface area (Å²) in [5.74, 6) is -1.01. The van der Waals surface area contributed by atoms with E-state index in [9.17, 15) is 18.0 Å². The molecule has 22 heavy (non-hydrogen) atoms. The van der Waals surface area contributed by atoms with Crippen LogP contribution in [-0.4, -0.2) is 46.2 Å². The molecule has 8 heteroatoms. The molecule has 0 aliphatic heterocycles. The molecule has 0 bridgehead atoms. The lowest BCUT2D eigenvalue weighted by Gasteiger charge is -2.22. The third kappa shape index (κ3) is 5.03. The second-order valence-corrected chi connectivity index (χ2v) is 6.94. The number of anilines is 1. The van der Waals surface area contributed by atoms with Crippen molar-refractivity contribution in [3.63, 3.8) is 0 Å². The summed E-state index contributed by atoms with van der Waals surface area (Å²) in [6.45, 7) is 3.20. The summed E-state index contributed by atoms with van der Waals surface area (Å²) in [5.41, 5.74) is 0.433. The van der Waals surface area contributed by atoms with Gasteiger partial charge in [0.1, 0.15) is 6.54 Å². The summed E-state index contributed by atoms with van der Waals surface area (Å²) in [4.78, 5) is 23.4. The van der Waals surface area contributed by atoms with Gasteiger partial charge in [0.2, 0.25) is 15.9 Å². The molecule has 0 spiro atoms. The molecule has 0 aliphatic rings. The maximum Gasteiger partial charge on any atom is 0.337 e. The number of hydrogen-bond donors (Lipinski definition) is 1. The molecule has 7 nitrogen and oxygen atoms in total. The summed E-state index contributed by atoms with van der Waals surface area (Å²) in [5, 5.41) is 2.63. The molecule has 0 aromatic heterocycles. The Morgan fingerprint density at radius 2 is 1.95 bits per heavy atom. The summed E-state index contributed by atoms with van der Waals surface area (Å²) in [6.07, 6.45) is 1.00. The Hall–Kier alpha value is -2.09. The maximum atomic E-state index is 11.9. The van der Waals surface area contributed by atoms with Gasteiger partial charge in [0, 0.05) is 6.04 Å². The molecule has 0 saturated heterocycles. The van der Waals surface area contributed by atoms with Crippen molar-refractivity contribution in [1.82, 2.24) is 5.32 Å². The fourth-order valence-electron chi connectivity index (χ4n) is 1.80. The molecule has 1 N–H and O–H groups in total. The van der Waals surface area contributed by atoms with Gasteiger partial charge in [-0.25, -0.2) is 13.2 Å². The number of nitrogens with zero attached hydrogens (tertiary/aromatic N) is 1. The Morgan fingerprint density at radius 1 is 1.32 bits per heavy atom. The zero-order chi connectivity index (χ0) is 16.9. The Kier molecular flexibility index (Phi) is 5.92. The Morgan fingerprint density at radius 3 is 2.45 bits per heavy atom. The van der Waals surface area contributed by atoms with Gasteiger partial charge in [-0.1, -0.05) is 6.07 Å². The van der Waals surface area contributed by atoms with Crippen molar-refractivity contribution in [2.24, 2.45) is 0 Å². The van der Waals surface area contributed by atoms with Crippen LogP contribution in [0.2, 0.25) is 0 Å². The fraction of sp³-hybridized carbons (Fsp3) is 0.429. The van der Waals surface area contributed by atoms with E-state index in [0.29, 0.717) is 0 Å². The molecule has 1 aromatic carbocycles. The van der Waals surface area contributed by atoms with E-state index in [2.05, 4.69) is 10.1 Å². The van der Waals surface area contributed by atoms with Crippen molar-refractivity contribution >= 4 is 27.6 Å². The molecule has 0 aliphatic carbocycles. The van der Waals surface area contributed by atoms with Crippen LogP contribution in [0.5, 0.6) is 0 Å². The molecule has 0 radical (unpaired) electrons. The van der Waals surface area contributed by atoms with Crippen molar-refractivity contribution in [2.75, 3.05) is 24.2 Å². The molecule has 1 aromatic rings. The normalized spacial score (nSPS) is 11.1. The number of carbonyl (C=O) groups is 2. The summed E-state index contributed by atoms with van der Waals surface area (Å²) in [6, 6.07) is 5.81. The van der Waals surface area contributed by atoms with E-state index < -0.39 is 21.9 Å². The van der Waals surface area contributed by atoms with Crippen molar-refractivity contribution in [1.29, 1.82) is 0 Å². The first-order chi connectivity index (χ1) is 10.1. The SMILES string of the molecule is COC(=O)c1cccc(N(CC(=O)NC(C)C)S(C)(=O)=O)c1. The number of nitrogens with one attached hydrogen (secondary N) is 1. The van der Waals surface area contributed by atoms with Gasteiger partial charge in [-0.15, -0.1) is 0 Å². The van der Waals surface area contributed by atoms with E-state index in [1.54, 1.807) is 13.8 Å². The van der Waals surface area contributed by atoms with Gasteiger partial charge in [0.25, 0.3) is 0 Å². The van der Waals surface area contributed by atoms with Crippen molar-refractivity contribution in [2.45, 2.75) is 19.9 Å². The highest BCUT2D eigenvalue weighted by Crippen LogP contribution is 2.19. The van der Waals surface area contributed by atoms with Crippen molar-refractivity contribution in [3.8, 4) is 0 Å². The van der Waals surface area contributed by atoms with E-state index in [1.165, 1.54) is 31.4 Å². The molecule has 0 atom stereocenters. The fourth-order valence-corrected chi connectivity index (χ4v) is 2.65. The first-order valence-corrected chi connectivity index (χ1v) is 8.45. The van der Waals surface area contributed by atoms with Gasteiger partial charge in [0.05, 0.1) is 24.6 Å². The molecule has 0 unspecified atom stereocenters. The monoisotopic (exact) mass is 328 g/mol. The zero-order valence-corrected chi connectivity index (χ0v) is 13.8. The number of rotatable bonds is 6. The molecule has 0 heterocycles. The van der Waals surface area contributed by atoms with E-state index >= 15 is 0 Å². The number of sulfonamides is 1. The molecule has 122 valence electrons. The van der Waals surface area contributed by atoms with Crippen LogP contribution in [0.4, 0.5) is 5.69 Å². The van der Waals surface area contributed by atoms with Gasteiger partial charge in [-0.2, -0.15) is 0 Å². The largest absolute Gasteiger partial charge is 0.465 e. The highest BCUT2D eigenvalue weighted by atomic mass is 32.2. The van der Waals surface area contributed by atoms with Gasteiger partial charge in [-0.3, -0.25) is 9.10 Å². The number of hydrogen-bond acceptors (Lipinski definition) is 5. The topological polar surface area (TPSA) is 92.8 Å². The third-order valence-corrected chi connectivity index (χ3v) is 3.83. The molecule has 0 fully saturated rings. The predicted octanol–water partition coefficient (Wildman–Crippen LogP) is 0.764. The predicted molar refractivity (Wildman–Crippen MR) is 83.3 cm³/mol. The van der Waals surface area contributed by atoms with Crippen LogP contribution >= 0.6 is 0 Å². The maximum absolute atomic E-state index is 11.9. The van der Waals surface area contributed by atoms with Gasteiger partial charge >= 0.3 is 5.97 Å². The van der Waals surface area contributed by atoms with Crippen LogP contribution in [0.1, 0.15) is 24.2 Å². The van der Waals surface area contributed by atoms with Crippen LogP contribution in [0, 0.1) is 0 Å². The quantitative estimate of drug-likeness (QED) is 0.778. The zero-order valence-electron chi connectivity index (χ0n) is 13.0. The second-order valence-electron chi connectivity index (χ2n) is 5.03. The highest BCUT2D eigenvalue weighted by molar-refractivity contribution is 7.92. The first kappa shape index (κ1) is 18.0. The van der Waals surface area contributed by atoms with Crippen LogP contribution in [0.15, 0.2) is 24.3 Å². The minimum absolute atomic E-state index is 0.102. The number of benzene rings is 1. The van der Waals surface area contributed by atoms with Crippen LogP contribution < -0.4 is 9.62 Å². The van der Waals surface area contributed by atoms with E-state index in [1.807, 2.05) is 0 Å². The van der Waals surface area contributed by atoms with Gasteiger partial charge in [0.15, 0.2) is 0 Å². The number of amides is 1. The molecule has 0 saturated carbocycles. The average Bonchev–Trinajstić information content (AvgIpc) is 2.42. The number of esters is 1. The number of carbonyl (C=O) groups excluding carboxylic acids is 2. The number of methoxy groups -OCH3 is 1.